The summed E-state index contributed by atoms with van der Waals surface area (Å²) in [6, 6.07) is 5.37. The van der Waals surface area contributed by atoms with Crippen molar-refractivity contribution in [2.24, 2.45) is 0 Å². The number of Topliss-reactive ketones (excluding diaryl/α,β-unsaturated/α-hetero) is 1. The van der Waals surface area contributed by atoms with Crippen LogP contribution in [0.5, 0.6) is 0 Å². The van der Waals surface area contributed by atoms with E-state index in [0.717, 1.165) is 6.07 Å². The maximum Gasteiger partial charge on any atom is 0.419 e. The minimum absolute atomic E-state index is 0. The number of carbonyl (C=O) groups excluding carboxylic acids is 2. The van der Waals surface area contributed by atoms with Gasteiger partial charge >= 0.3 is 6.18 Å². The maximum atomic E-state index is 14.1. The Bertz CT molecular complexity index is 1250. The predicted molar refractivity (Wildman–Crippen MR) is 122 cm³/mol. The minimum Gasteiger partial charge on any atom is -0.305 e. The Labute approximate surface area is 200 Å². The topological polar surface area (TPSA) is 68.1 Å². The highest BCUT2D eigenvalue weighted by Gasteiger charge is 2.37. The molecular formula is C23H22F4N4O2S. The maximum absolute atomic E-state index is 14.1. The molecule has 1 aliphatic heterocycles. The van der Waals surface area contributed by atoms with E-state index < -0.39 is 23.5 Å². The minimum atomic E-state index is -4.84. The molecule has 3 aromatic rings. The number of nitrogens with zero attached hydrogens (tertiary/aromatic N) is 4. The zero-order valence-corrected chi connectivity index (χ0v) is 19.6. The molecule has 11 heteroatoms. The van der Waals surface area contributed by atoms with E-state index >= 15 is 0 Å². The number of rotatable bonds is 4. The number of hydrogen-bond donors (Lipinski definition) is 0. The van der Waals surface area contributed by atoms with E-state index in [1.807, 2.05) is 0 Å². The number of benzene rings is 1. The van der Waals surface area contributed by atoms with Gasteiger partial charge in [-0.05, 0) is 51.1 Å². The Kier molecular flexibility index (Phi) is 6.88. The Balaban J connectivity index is 0.00000324. The highest BCUT2D eigenvalue weighted by Crippen LogP contribution is 2.35. The van der Waals surface area contributed by atoms with Crippen molar-refractivity contribution in [3.05, 3.63) is 76.1 Å². The van der Waals surface area contributed by atoms with Gasteiger partial charge in [-0.1, -0.05) is 0 Å². The van der Waals surface area contributed by atoms with Crippen LogP contribution in [0.1, 0.15) is 56.3 Å². The van der Waals surface area contributed by atoms with Crippen LogP contribution in [0.3, 0.4) is 0 Å². The van der Waals surface area contributed by atoms with Crippen molar-refractivity contribution in [2.45, 2.75) is 39.4 Å². The Hall–Kier alpha value is -3.21. The highest BCUT2D eigenvalue weighted by molar-refractivity contribution is 7.59. The first-order valence-corrected chi connectivity index (χ1v) is 10.2. The molecule has 34 heavy (non-hydrogen) atoms. The van der Waals surface area contributed by atoms with Crippen LogP contribution in [-0.4, -0.2) is 33.0 Å². The third-order valence-electron chi connectivity index (χ3n) is 5.51. The zero-order chi connectivity index (χ0) is 24.1. The Morgan fingerprint density at radius 2 is 1.79 bits per heavy atom. The van der Waals surface area contributed by atoms with Gasteiger partial charge in [0.2, 0.25) is 0 Å². The molecule has 1 aromatic carbocycles. The van der Waals surface area contributed by atoms with Crippen molar-refractivity contribution in [1.29, 1.82) is 0 Å². The van der Waals surface area contributed by atoms with Gasteiger partial charge in [-0.3, -0.25) is 19.3 Å². The summed E-state index contributed by atoms with van der Waals surface area (Å²) < 4.78 is 54.4. The molecule has 4 rings (SSSR count). The number of alkyl halides is 3. The van der Waals surface area contributed by atoms with E-state index in [9.17, 15) is 27.2 Å². The van der Waals surface area contributed by atoms with Crippen LogP contribution in [0.4, 0.5) is 23.2 Å². The molecular weight excluding hydrogens is 472 g/mol. The lowest BCUT2D eigenvalue weighted by Crippen LogP contribution is -2.43. The second kappa shape index (κ2) is 9.21. The molecule has 1 atom stereocenters. The molecule has 0 radical (unpaired) electrons. The molecule has 0 N–H and O–H groups in total. The van der Waals surface area contributed by atoms with Crippen LogP contribution in [0, 0.1) is 19.7 Å². The summed E-state index contributed by atoms with van der Waals surface area (Å²) in [5, 5.41) is 4.24. The van der Waals surface area contributed by atoms with E-state index in [4.69, 9.17) is 0 Å². The molecule has 0 saturated heterocycles. The van der Waals surface area contributed by atoms with E-state index in [1.54, 1.807) is 32.9 Å². The first-order chi connectivity index (χ1) is 15.5. The van der Waals surface area contributed by atoms with Crippen LogP contribution in [-0.2, 0) is 12.6 Å². The first-order valence-electron chi connectivity index (χ1n) is 10.2. The standard InChI is InChI=1S/C23H20F4N4O2.H2S/c1-12-6-15(7-13(2)29-12)20(32)8-16-10-28-31-14(3)11-30(22(33)21(16)31)17-4-5-18(19(24)9-17)23(25,26)27;/h4-7,9-10,14H,8,11H2,1-3H3;1H2/t14-;/m0./s1. The quantitative estimate of drug-likeness (QED) is 0.386. The average Bonchev–Trinajstić information content (AvgIpc) is 3.13. The third-order valence-corrected chi connectivity index (χ3v) is 5.51. The molecule has 1 aliphatic rings. The summed E-state index contributed by atoms with van der Waals surface area (Å²) in [5.41, 5.74) is 0.987. The number of ketones is 1. The number of halogens is 4. The summed E-state index contributed by atoms with van der Waals surface area (Å²) >= 11 is 0. The number of carbonyl (C=O) groups is 2. The third kappa shape index (κ3) is 4.70. The second-order valence-electron chi connectivity index (χ2n) is 8.13. The molecule has 6 nitrogen and oxygen atoms in total. The van der Waals surface area contributed by atoms with E-state index in [2.05, 4.69) is 10.1 Å². The molecule has 0 bridgehead atoms. The summed E-state index contributed by atoms with van der Waals surface area (Å²) in [4.78, 5) is 31.6. The van der Waals surface area contributed by atoms with Crippen molar-refractivity contribution in [2.75, 3.05) is 11.4 Å². The van der Waals surface area contributed by atoms with Crippen molar-refractivity contribution in [1.82, 2.24) is 14.8 Å². The molecule has 3 heterocycles. The molecule has 0 fully saturated rings. The van der Waals surface area contributed by atoms with Gasteiger partial charge in [0.25, 0.3) is 5.91 Å². The van der Waals surface area contributed by atoms with E-state index in [1.165, 1.54) is 15.8 Å². The monoisotopic (exact) mass is 494 g/mol. The van der Waals surface area contributed by atoms with Crippen LogP contribution in [0.2, 0.25) is 0 Å². The molecule has 0 unspecified atom stereocenters. The van der Waals surface area contributed by atoms with Gasteiger partial charge < -0.3 is 4.90 Å². The second-order valence-corrected chi connectivity index (χ2v) is 8.13. The summed E-state index contributed by atoms with van der Waals surface area (Å²) in [5.74, 6) is -2.24. The normalized spacial score (nSPS) is 15.7. The van der Waals surface area contributed by atoms with Crippen molar-refractivity contribution < 1.29 is 27.2 Å². The highest BCUT2D eigenvalue weighted by atomic mass is 32.1. The van der Waals surface area contributed by atoms with E-state index in [0.29, 0.717) is 34.6 Å². The lowest BCUT2D eigenvalue weighted by Gasteiger charge is -2.32. The Morgan fingerprint density at radius 3 is 2.38 bits per heavy atom. The van der Waals surface area contributed by atoms with Gasteiger partial charge in [0.1, 0.15) is 11.5 Å². The molecule has 0 spiro atoms. The van der Waals surface area contributed by atoms with Crippen molar-refractivity contribution >= 4 is 30.9 Å². The molecule has 0 saturated carbocycles. The fourth-order valence-electron chi connectivity index (χ4n) is 4.04. The molecule has 2 aromatic heterocycles. The molecule has 1 amide bonds. The van der Waals surface area contributed by atoms with Crippen molar-refractivity contribution in [3.63, 3.8) is 0 Å². The first kappa shape index (κ1) is 25.4. The number of hydrogen-bond acceptors (Lipinski definition) is 4. The van der Waals surface area contributed by atoms with Gasteiger partial charge in [-0.25, -0.2) is 4.39 Å². The fourth-order valence-corrected chi connectivity index (χ4v) is 4.04. The lowest BCUT2D eigenvalue weighted by atomic mass is 10.0. The number of aromatic nitrogens is 3. The van der Waals surface area contributed by atoms with Crippen LogP contribution < -0.4 is 4.90 Å². The Morgan fingerprint density at radius 1 is 1.15 bits per heavy atom. The number of pyridine rings is 1. The smallest absolute Gasteiger partial charge is 0.305 e. The number of amides is 1. The van der Waals surface area contributed by atoms with Gasteiger partial charge in [0, 0.05) is 41.2 Å². The lowest BCUT2D eigenvalue weighted by molar-refractivity contribution is -0.139. The number of fused-ring (bicyclic) bond motifs is 1. The summed E-state index contributed by atoms with van der Waals surface area (Å²) in [6.07, 6.45) is -3.48. The SMILES string of the molecule is Cc1cc(C(=O)Cc2cnn3c2C(=O)N(c2ccc(C(F)(F)F)c(F)c2)C[C@@H]3C)cc(C)n1.S. The summed E-state index contributed by atoms with van der Waals surface area (Å²) in [6.45, 7) is 5.42. The molecule has 180 valence electrons. The van der Waals surface area contributed by atoms with Crippen LogP contribution in [0.25, 0.3) is 0 Å². The van der Waals surface area contributed by atoms with E-state index in [-0.39, 0.29) is 49.7 Å². The van der Waals surface area contributed by atoms with Gasteiger partial charge in [0.05, 0.1) is 17.8 Å². The van der Waals surface area contributed by atoms with Gasteiger partial charge in [-0.2, -0.15) is 31.8 Å². The van der Waals surface area contributed by atoms with Crippen molar-refractivity contribution in [3.8, 4) is 0 Å². The number of anilines is 1. The van der Waals surface area contributed by atoms with Gasteiger partial charge in [0.15, 0.2) is 5.78 Å². The predicted octanol–water partition coefficient (Wildman–Crippen LogP) is 4.81. The fraction of sp³-hybridized carbons (Fsp3) is 0.304. The largest absolute Gasteiger partial charge is 0.419 e. The zero-order valence-electron chi connectivity index (χ0n) is 18.6. The van der Waals surface area contributed by atoms with Crippen LogP contribution >= 0.6 is 13.5 Å². The molecule has 0 aliphatic carbocycles. The summed E-state index contributed by atoms with van der Waals surface area (Å²) in [7, 11) is 0. The number of aryl methyl sites for hydroxylation is 2. The average molecular weight is 495 g/mol. The van der Waals surface area contributed by atoms with Crippen LogP contribution in [0.15, 0.2) is 36.5 Å². The van der Waals surface area contributed by atoms with Gasteiger partial charge in [-0.15, -0.1) is 0 Å².